The van der Waals surface area contributed by atoms with Crippen LogP contribution in [0.15, 0.2) is 30.3 Å². The van der Waals surface area contributed by atoms with Crippen LogP contribution >= 0.6 is 0 Å². The highest BCUT2D eigenvalue weighted by Gasteiger charge is 2.28. The van der Waals surface area contributed by atoms with Gasteiger partial charge in [-0.1, -0.05) is 57.0 Å². The van der Waals surface area contributed by atoms with Crippen molar-refractivity contribution in [2.75, 3.05) is 0 Å². The molecule has 1 fully saturated rings. The van der Waals surface area contributed by atoms with Crippen molar-refractivity contribution < 1.29 is 0 Å². The molecule has 0 amide bonds. The van der Waals surface area contributed by atoms with Crippen molar-refractivity contribution in [1.82, 2.24) is 5.32 Å². The van der Waals surface area contributed by atoms with Gasteiger partial charge < -0.3 is 5.32 Å². The smallest absolute Gasteiger partial charge is 0.0641 e. The van der Waals surface area contributed by atoms with E-state index in [-0.39, 0.29) is 6.04 Å². The van der Waals surface area contributed by atoms with Crippen molar-refractivity contribution in [3.05, 3.63) is 35.9 Å². The number of nitrogens with one attached hydrogen (secondary N) is 1. The van der Waals surface area contributed by atoms with Crippen LogP contribution in [0.1, 0.15) is 51.1 Å². The maximum Gasteiger partial charge on any atom is 0.0641 e. The molecule has 1 saturated carbocycles. The molecule has 0 bridgehead atoms. The molecule has 1 aromatic carbocycles. The van der Waals surface area contributed by atoms with Gasteiger partial charge in [0.25, 0.3) is 0 Å². The third kappa shape index (κ3) is 3.58. The van der Waals surface area contributed by atoms with Crippen LogP contribution in [-0.4, -0.2) is 6.04 Å². The Kier molecular flexibility index (Phi) is 4.99. The lowest BCUT2D eigenvalue weighted by molar-refractivity contribution is 0.194. The number of hydrogen-bond donors (Lipinski definition) is 1. The van der Waals surface area contributed by atoms with Gasteiger partial charge in [0, 0.05) is 12.1 Å². The summed E-state index contributed by atoms with van der Waals surface area (Å²) in [6.45, 7) is 4.69. The number of hydrogen-bond acceptors (Lipinski definition) is 2. The van der Waals surface area contributed by atoms with E-state index < -0.39 is 0 Å². The standard InChI is InChI=1S/C17H24N2/c1-13-7-6-10-16(14(13)2)19-17(11-12-18)15-8-4-3-5-9-15/h3-5,8-9,13-14,16-17,19H,6-7,10-11H2,1-2H3. The Balaban J connectivity index is 2.07. The maximum atomic E-state index is 9.06. The van der Waals surface area contributed by atoms with E-state index in [4.69, 9.17) is 5.26 Å². The van der Waals surface area contributed by atoms with Crippen LogP contribution in [0, 0.1) is 23.2 Å². The molecule has 1 aliphatic rings. The zero-order valence-electron chi connectivity index (χ0n) is 12.0. The fourth-order valence-corrected chi connectivity index (χ4v) is 3.13. The average molecular weight is 256 g/mol. The summed E-state index contributed by atoms with van der Waals surface area (Å²) in [6.07, 6.45) is 4.42. The summed E-state index contributed by atoms with van der Waals surface area (Å²) >= 11 is 0. The average Bonchev–Trinajstić information content (AvgIpc) is 2.44. The molecule has 0 aromatic heterocycles. The van der Waals surface area contributed by atoms with Gasteiger partial charge in [-0.05, 0) is 23.8 Å². The fourth-order valence-electron chi connectivity index (χ4n) is 3.13. The van der Waals surface area contributed by atoms with Crippen LogP contribution in [-0.2, 0) is 0 Å². The van der Waals surface area contributed by atoms with Crippen molar-refractivity contribution in [3.8, 4) is 6.07 Å². The summed E-state index contributed by atoms with van der Waals surface area (Å²) in [5, 5.41) is 12.8. The molecule has 0 spiro atoms. The Hall–Kier alpha value is -1.33. The van der Waals surface area contributed by atoms with E-state index in [1.54, 1.807) is 0 Å². The van der Waals surface area contributed by atoms with E-state index >= 15 is 0 Å². The molecule has 0 saturated heterocycles. The molecule has 2 nitrogen and oxygen atoms in total. The molecule has 1 N–H and O–H groups in total. The van der Waals surface area contributed by atoms with E-state index in [0.717, 1.165) is 5.92 Å². The highest BCUT2D eigenvalue weighted by atomic mass is 15.0. The molecule has 1 aliphatic carbocycles. The Labute approximate surface area is 116 Å². The van der Waals surface area contributed by atoms with Crippen molar-refractivity contribution in [2.45, 2.75) is 51.6 Å². The molecule has 4 unspecified atom stereocenters. The molecule has 4 atom stereocenters. The van der Waals surface area contributed by atoms with Crippen molar-refractivity contribution >= 4 is 0 Å². The first-order chi connectivity index (χ1) is 9.22. The highest BCUT2D eigenvalue weighted by molar-refractivity contribution is 5.20. The van der Waals surface area contributed by atoms with Crippen LogP contribution in [0.5, 0.6) is 0 Å². The fraction of sp³-hybridized carbons (Fsp3) is 0.588. The number of benzene rings is 1. The first kappa shape index (κ1) is 14.1. The van der Waals surface area contributed by atoms with Gasteiger partial charge in [-0.25, -0.2) is 0 Å². The Morgan fingerprint density at radius 1 is 1.26 bits per heavy atom. The predicted molar refractivity (Wildman–Crippen MR) is 78.5 cm³/mol. The van der Waals surface area contributed by atoms with E-state index in [0.29, 0.717) is 18.4 Å². The van der Waals surface area contributed by atoms with Gasteiger partial charge in [-0.3, -0.25) is 0 Å². The minimum atomic E-state index is 0.170. The second kappa shape index (κ2) is 6.73. The first-order valence-corrected chi connectivity index (χ1v) is 7.40. The van der Waals surface area contributed by atoms with Gasteiger partial charge in [-0.15, -0.1) is 0 Å². The van der Waals surface area contributed by atoms with Crippen LogP contribution in [0.2, 0.25) is 0 Å². The molecule has 1 aromatic rings. The molecular weight excluding hydrogens is 232 g/mol. The molecular formula is C17H24N2. The lowest BCUT2D eigenvalue weighted by Gasteiger charge is -2.37. The maximum absolute atomic E-state index is 9.06. The minimum Gasteiger partial charge on any atom is -0.306 e. The number of nitriles is 1. The van der Waals surface area contributed by atoms with Crippen molar-refractivity contribution in [2.24, 2.45) is 11.8 Å². The van der Waals surface area contributed by atoms with Crippen LogP contribution in [0.4, 0.5) is 0 Å². The van der Waals surface area contributed by atoms with E-state index in [1.807, 2.05) is 18.2 Å². The largest absolute Gasteiger partial charge is 0.306 e. The van der Waals surface area contributed by atoms with Crippen LogP contribution in [0.25, 0.3) is 0 Å². The zero-order chi connectivity index (χ0) is 13.7. The van der Waals surface area contributed by atoms with Gasteiger partial charge in [0.15, 0.2) is 0 Å². The summed E-state index contributed by atoms with van der Waals surface area (Å²) in [7, 11) is 0. The molecule has 19 heavy (non-hydrogen) atoms. The van der Waals surface area contributed by atoms with Crippen LogP contribution < -0.4 is 5.32 Å². The second-order valence-electron chi connectivity index (χ2n) is 5.87. The zero-order valence-corrected chi connectivity index (χ0v) is 12.0. The lowest BCUT2D eigenvalue weighted by atomic mass is 9.77. The monoisotopic (exact) mass is 256 g/mol. The summed E-state index contributed by atoms with van der Waals surface area (Å²) < 4.78 is 0. The van der Waals surface area contributed by atoms with Crippen molar-refractivity contribution in [1.29, 1.82) is 5.26 Å². The highest BCUT2D eigenvalue weighted by Crippen LogP contribution is 2.31. The Bertz CT molecular complexity index is 421. The summed E-state index contributed by atoms with van der Waals surface area (Å²) in [5.41, 5.74) is 1.23. The molecule has 2 heteroatoms. The summed E-state index contributed by atoms with van der Waals surface area (Å²) in [6, 6.07) is 13.4. The third-order valence-corrected chi connectivity index (χ3v) is 4.62. The molecule has 2 rings (SSSR count). The van der Waals surface area contributed by atoms with Crippen LogP contribution in [0.3, 0.4) is 0 Å². The molecule has 0 radical (unpaired) electrons. The van der Waals surface area contributed by atoms with Gasteiger partial charge in [0.2, 0.25) is 0 Å². The van der Waals surface area contributed by atoms with E-state index in [2.05, 4.69) is 37.4 Å². The number of rotatable bonds is 4. The Morgan fingerprint density at radius 3 is 2.68 bits per heavy atom. The Morgan fingerprint density at radius 2 is 2.00 bits per heavy atom. The predicted octanol–water partition coefficient (Wildman–Crippen LogP) is 4.06. The molecule has 0 aliphatic heterocycles. The van der Waals surface area contributed by atoms with E-state index in [1.165, 1.54) is 24.8 Å². The normalized spacial score (nSPS) is 28.6. The van der Waals surface area contributed by atoms with E-state index in [9.17, 15) is 0 Å². The second-order valence-corrected chi connectivity index (χ2v) is 5.87. The van der Waals surface area contributed by atoms with Gasteiger partial charge >= 0.3 is 0 Å². The topological polar surface area (TPSA) is 35.8 Å². The first-order valence-electron chi connectivity index (χ1n) is 7.40. The quantitative estimate of drug-likeness (QED) is 0.882. The SMILES string of the molecule is CC1CCCC(NC(CC#N)c2ccccc2)C1C. The summed E-state index contributed by atoms with van der Waals surface area (Å²) in [4.78, 5) is 0. The lowest BCUT2D eigenvalue weighted by Crippen LogP contribution is -2.42. The van der Waals surface area contributed by atoms with Gasteiger partial charge in [-0.2, -0.15) is 5.26 Å². The molecule has 0 heterocycles. The molecule has 102 valence electrons. The third-order valence-electron chi connectivity index (χ3n) is 4.62. The minimum absolute atomic E-state index is 0.170. The van der Waals surface area contributed by atoms with Crippen molar-refractivity contribution in [3.63, 3.8) is 0 Å². The number of nitrogens with zero attached hydrogens (tertiary/aromatic N) is 1. The van der Waals surface area contributed by atoms with Gasteiger partial charge in [0.1, 0.15) is 0 Å². The van der Waals surface area contributed by atoms with Gasteiger partial charge in [0.05, 0.1) is 12.5 Å². The summed E-state index contributed by atoms with van der Waals surface area (Å²) in [5.74, 6) is 1.48.